The summed E-state index contributed by atoms with van der Waals surface area (Å²) in [6.07, 6.45) is 6.39. The molecule has 0 aromatic heterocycles. The Morgan fingerprint density at radius 1 is 1.38 bits per heavy atom. The number of hydrogen-bond acceptors (Lipinski definition) is 3. The van der Waals surface area contributed by atoms with Crippen LogP contribution in [0.4, 0.5) is 0 Å². The molecule has 0 amide bonds. The van der Waals surface area contributed by atoms with Gasteiger partial charge in [0.1, 0.15) is 11.4 Å². The summed E-state index contributed by atoms with van der Waals surface area (Å²) in [7, 11) is 0. The summed E-state index contributed by atoms with van der Waals surface area (Å²) in [5, 5.41) is 9.23. The summed E-state index contributed by atoms with van der Waals surface area (Å²) in [6, 6.07) is 6.02. The van der Waals surface area contributed by atoms with Crippen LogP contribution in [0.1, 0.15) is 50.4 Å². The Morgan fingerprint density at radius 3 is 2.52 bits per heavy atom. The number of carbonyl (C=O) groups is 1. The van der Waals surface area contributed by atoms with Crippen LogP contribution < -0.4 is 0 Å². The highest BCUT2D eigenvalue weighted by molar-refractivity contribution is 5.89. The smallest absolute Gasteiger partial charge is 0.338 e. The van der Waals surface area contributed by atoms with Gasteiger partial charge >= 0.3 is 5.97 Å². The molecule has 0 heterocycles. The average molecular weight is 288 g/mol. The highest BCUT2D eigenvalue weighted by Crippen LogP contribution is 2.22. The number of allylic oxidation sites excluding steroid dienone is 2. The van der Waals surface area contributed by atoms with Gasteiger partial charge in [-0.05, 0) is 63.5 Å². The predicted octanol–water partition coefficient (Wildman–Crippen LogP) is 4.63. The number of esters is 1. The lowest BCUT2D eigenvalue weighted by atomic mass is 9.98. The summed E-state index contributed by atoms with van der Waals surface area (Å²) >= 11 is 0. The van der Waals surface area contributed by atoms with Crippen LogP contribution in [0.5, 0.6) is 5.75 Å². The van der Waals surface area contributed by atoms with E-state index < -0.39 is 11.6 Å². The van der Waals surface area contributed by atoms with E-state index in [1.807, 2.05) is 6.92 Å². The van der Waals surface area contributed by atoms with Gasteiger partial charge in [-0.25, -0.2) is 4.79 Å². The van der Waals surface area contributed by atoms with E-state index in [0.717, 1.165) is 12.8 Å². The molecule has 1 rings (SSSR count). The second-order valence-corrected chi connectivity index (χ2v) is 5.40. The van der Waals surface area contributed by atoms with Crippen molar-refractivity contribution in [3.05, 3.63) is 54.1 Å². The van der Waals surface area contributed by atoms with Crippen molar-refractivity contribution in [3.8, 4) is 5.75 Å². The number of rotatable bonds is 7. The van der Waals surface area contributed by atoms with Crippen LogP contribution in [0.3, 0.4) is 0 Å². The van der Waals surface area contributed by atoms with E-state index in [9.17, 15) is 9.90 Å². The fraction of sp³-hybridized carbons (Fsp3) is 0.389. The first-order valence-corrected chi connectivity index (χ1v) is 7.22. The Morgan fingerprint density at radius 2 is 2.00 bits per heavy atom. The molecule has 0 spiro atoms. The highest BCUT2D eigenvalue weighted by atomic mass is 16.6. The lowest BCUT2D eigenvalue weighted by Crippen LogP contribution is -2.29. The van der Waals surface area contributed by atoms with Crippen LogP contribution in [0.25, 0.3) is 0 Å². The van der Waals surface area contributed by atoms with Crippen molar-refractivity contribution in [1.82, 2.24) is 0 Å². The molecule has 0 saturated heterocycles. The van der Waals surface area contributed by atoms with Gasteiger partial charge in [0, 0.05) is 0 Å². The van der Waals surface area contributed by atoms with Crippen LogP contribution in [0.2, 0.25) is 0 Å². The molecule has 1 aromatic carbocycles. The fourth-order valence-electron chi connectivity index (χ4n) is 1.81. The van der Waals surface area contributed by atoms with Crippen LogP contribution in [0, 0.1) is 0 Å². The maximum absolute atomic E-state index is 12.1. The maximum Gasteiger partial charge on any atom is 0.338 e. The van der Waals surface area contributed by atoms with Crippen molar-refractivity contribution in [1.29, 1.82) is 0 Å². The summed E-state index contributed by atoms with van der Waals surface area (Å²) in [5.74, 6) is -0.285. The molecule has 3 nitrogen and oxygen atoms in total. The van der Waals surface area contributed by atoms with Crippen LogP contribution in [-0.4, -0.2) is 16.7 Å². The quantitative estimate of drug-likeness (QED) is 0.587. The molecule has 1 unspecified atom stereocenters. The third-order valence-electron chi connectivity index (χ3n) is 3.55. The largest absolute Gasteiger partial charge is 0.508 e. The Hall–Kier alpha value is -2.03. The molecule has 0 saturated carbocycles. The molecule has 1 aromatic rings. The zero-order valence-corrected chi connectivity index (χ0v) is 13.1. The third-order valence-corrected chi connectivity index (χ3v) is 3.55. The molecule has 0 aliphatic heterocycles. The molecule has 0 bridgehead atoms. The van der Waals surface area contributed by atoms with E-state index >= 15 is 0 Å². The first kappa shape index (κ1) is 17.0. The lowest BCUT2D eigenvalue weighted by Gasteiger charge is -2.25. The van der Waals surface area contributed by atoms with Gasteiger partial charge in [-0.15, -0.1) is 0 Å². The van der Waals surface area contributed by atoms with Gasteiger partial charge in [0.25, 0.3) is 0 Å². The van der Waals surface area contributed by atoms with Gasteiger partial charge in [0.05, 0.1) is 5.56 Å². The topological polar surface area (TPSA) is 46.5 Å². The number of phenolic OH excluding ortho intramolecular Hbond substituents is 1. The molecular formula is C18H24O3. The predicted molar refractivity (Wildman–Crippen MR) is 85.4 cm³/mol. The molecule has 0 fully saturated rings. The monoisotopic (exact) mass is 288 g/mol. The summed E-state index contributed by atoms with van der Waals surface area (Å²) in [5.41, 5.74) is 1.05. The molecule has 114 valence electrons. The van der Waals surface area contributed by atoms with Crippen molar-refractivity contribution >= 4 is 5.97 Å². The Bertz CT molecular complexity index is 514. The molecule has 0 aliphatic rings. The second kappa shape index (κ2) is 7.67. The van der Waals surface area contributed by atoms with Crippen LogP contribution in [-0.2, 0) is 4.74 Å². The van der Waals surface area contributed by atoms with Gasteiger partial charge in [-0.3, -0.25) is 0 Å². The number of hydrogen-bond donors (Lipinski definition) is 1. The van der Waals surface area contributed by atoms with E-state index in [1.165, 1.54) is 17.7 Å². The summed E-state index contributed by atoms with van der Waals surface area (Å²) in [4.78, 5) is 12.1. The van der Waals surface area contributed by atoms with Gasteiger partial charge in [-0.2, -0.15) is 0 Å². The number of phenols is 1. The first-order chi connectivity index (χ1) is 9.90. The minimum Gasteiger partial charge on any atom is -0.508 e. The number of ether oxygens (including phenoxy) is 1. The molecule has 1 atom stereocenters. The number of aromatic hydroxyl groups is 1. The van der Waals surface area contributed by atoms with Crippen molar-refractivity contribution in [2.45, 2.75) is 45.6 Å². The molecule has 0 aliphatic carbocycles. The standard InChI is InChI=1S/C18H24O3/c1-5-14(3)8-7-13-18(4,6-2)21-17(20)15-9-11-16(19)12-10-15/h6,8-12,19H,2,5,7,13H2,1,3-4H3/b14-8-. The highest BCUT2D eigenvalue weighted by Gasteiger charge is 2.25. The molecule has 0 radical (unpaired) electrons. The summed E-state index contributed by atoms with van der Waals surface area (Å²) in [6.45, 7) is 9.83. The Kier molecular flexibility index (Phi) is 6.22. The number of benzene rings is 1. The van der Waals surface area contributed by atoms with E-state index in [0.29, 0.717) is 12.0 Å². The maximum atomic E-state index is 12.1. The van der Waals surface area contributed by atoms with Gasteiger partial charge in [0.2, 0.25) is 0 Å². The lowest BCUT2D eigenvalue weighted by molar-refractivity contribution is 0.00835. The average Bonchev–Trinajstić information content (AvgIpc) is 2.47. The SMILES string of the molecule is C=CC(C)(CC/C=C(/C)CC)OC(=O)c1ccc(O)cc1. The van der Waals surface area contributed by atoms with Gasteiger partial charge < -0.3 is 9.84 Å². The van der Waals surface area contributed by atoms with E-state index in [1.54, 1.807) is 18.2 Å². The Labute approximate surface area is 127 Å². The van der Waals surface area contributed by atoms with Crippen molar-refractivity contribution in [2.75, 3.05) is 0 Å². The number of carbonyl (C=O) groups excluding carboxylic acids is 1. The van der Waals surface area contributed by atoms with Gasteiger partial charge in [0.15, 0.2) is 0 Å². The minimum atomic E-state index is -0.695. The first-order valence-electron chi connectivity index (χ1n) is 7.22. The van der Waals surface area contributed by atoms with E-state index in [2.05, 4.69) is 26.5 Å². The van der Waals surface area contributed by atoms with E-state index in [-0.39, 0.29) is 5.75 Å². The third kappa shape index (κ3) is 5.46. The Balaban J connectivity index is 2.69. The second-order valence-electron chi connectivity index (χ2n) is 5.40. The molecular weight excluding hydrogens is 264 g/mol. The van der Waals surface area contributed by atoms with Crippen molar-refractivity contribution < 1.29 is 14.6 Å². The summed E-state index contributed by atoms with van der Waals surface area (Å²) < 4.78 is 5.56. The molecule has 21 heavy (non-hydrogen) atoms. The minimum absolute atomic E-state index is 0.123. The van der Waals surface area contributed by atoms with Crippen LogP contribution >= 0.6 is 0 Å². The van der Waals surface area contributed by atoms with Gasteiger partial charge in [-0.1, -0.05) is 25.2 Å². The zero-order valence-electron chi connectivity index (χ0n) is 13.1. The van der Waals surface area contributed by atoms with E-state index in [4.69, 9.17) is 4.74 Å². The zero-order chi connectivity index (χ0) is 15.9. The fourth-order valence-corrected chi connectivity index (χ4v) is 1.81. The van der Waals surface area contributed by atoms with Crippen LogP contribution in [0.15, 0.2) is 48.6 Å². The molecule has 1 N–H and O–H groups in total. The van der Waals surface area contributed by atoms with Crippen molar-refractivity contribution in [3.63, 3.8) is 0 Å². The normalized spacial score (nSPS) is 14.3. The van der Waals surface area contributed by atoms with Crippen molar-refractivity contribution in [2.24, 2.45) is 0 Å². The molecule has 3 heteroatoms.